The van der Waals surface area contributed by atoms with Crippen LogP contribution in [0.5, 0.6) is 0 Å². The molecule has 0 atom stereocenters. The van der Waals surface area contributed by atoms with Crippen LogP contribution in [0.15, 0.2) is 28.7 Å². The first-order valence-electron chi connectivity index (χ1n) is 8.15. The predicted octanol–water partition coefficient (Wildman–Crippen LogP) is 2.95. The van der Waals surface area contributed by atoms with E-state index in [1.165, 1.54) is 0 Å². The molecule has 1 aromatic carbocycles. The number of hydrogen-bond acceptors (Lipinski definition) is 4. The fourth-order valence-corrected chi connectivity index (χ4v) is 2.88. The fraction of sp³-hybridized carbons (Fsp3) is 0.500. The lowest BCUT2D eigenvalue weighted by molar-refractivity contribution is 0.0492. The first-order chi connectivity index (χ1) is 11.1. The van der Waals surface area contributed by atoms with Crippen LogP contribution in [0.2, 0.25) is 0 Å². The highest BCUT2D eigenvalue weighted by Crippen LogP contribution is 2.28. The summed E-state index contributed by atoms with van der Waals surface area (Å²) in [4.78, 5) is 14.6. The number of carbonyl (C=O) groups is 1. The molecule has 0 unspecified atom stereocenters. The number of furan rings is 1. The van der Waals surface area contributed by atoms with Gasteiger partial charge in [0.1, 0.15) is 5.58 Å². The molecule has 0 aliphatic carbocycles. The van der Waals surface area contributed by atoms with Gasteiger partial charge in [0, 0.05) is 24.0 Å². The Balaban J connectivity index is 1.92. The van der Waals surface area contributed by atoms with Crippen LogP contribution in [-0.2, 0) is 11.3 Å². The van der Waals surface area contributed by atoms with Crippen molar-refractivity contribution in [3.63, 3.8) is 0 Å². The van der Waals surface area contributed by atoms with Crippen molar-refractivity contribution < 1.29 is 19.1 Å². The summed E-state index contributed by atoms with van der Waals surface area (Å²) in [6.45, 7) is 5.40. The molecule has 1 amide bonds. The minimum absolute atomic E-state index is 0.0803. The first kappa shape index (κ1) is 16.0. The van der Waals surface area contributed by atoms with Crippen molar-refractivity contribution in [2.75, 3.05) is 13.1 Å². The topological polar surface area (TPSA) is 62.9 Å². The Morgan fingerprint density at radius 3 is 2.74 bits per heavy atom. The van der Waals surface area contributed by atoms with Crippen molar-refractivity contribution in [1.29, 1.82) is 0 Å². The third-order valence-electron chi connectivity index (χ3n) is 4.21. The van der Waals surface area contributed by atoms with Gasteiger partial charge in [-0.15, -0.1) is 0 Å². The van der Waals surface area contributed by atoms with E-state index in [1.807, 2.05) is 38.1 Å². The molecule has 5 heteroatoms. The van der Waals surface area contributed by atoms with E-state index in [2.05, 4.69) is 0 Å². The van der Waals surface area contributed by atoms with Gasteiger partial charge < -0.3 is 19.2 Å². The Bertz CT molecular complexity index is 683. The molecule has 3 rings (SSSR count). The smallest absolute Gasteiger partial charge is 0.289 e. The third kappa shape index (κ3) is 3.41. The average Bonchev–Trinajstić information content (AvgIpc) is 2.91. The molecule has 1 aromatic heterocycles. The lowest BCUT2D eigenvalue weighted by Gasteiger charge is -2.29. The molecule has 0 bridgehead atoms. The minimum atomic E-state index is -0.307. The van der Waals surface area contributed by atoms with Crippen LogP contribution in [0.1, 0.15) is 42.8 Å². The maximum Gasteiger partial charge on any atom is 0.289 e. The molecule has 1 N–H and O–H groups in total. The molecule has 0 saturated carbocycles. The summed E-state index contributed by atoms with van der Waals surface area (Å²) in [7, 11) is 0. The lowest BCUT2D eigenvalue weighted by atomic mass is 10.1. The summed E-state index contributed by atoms with van der Waals surface area (Å²) in [5.41, 5.74) is 1.51. The van der Waals surface area contributed by atoms with Crippen molar-refractivity contribution in [2.24, 2.45) is 0 Å². The van der Waals surface area contributed by atoms with Crippen molar-refractivity contribution in [2.45, 2.75) is 45.5 Å². The Kier molecular flexibility index (Phi) is 4.68. The molecule has 0 radical (unpaired) electrons. The van der Waals surface area contributed by atoms with Gasteiger partial charge in [-0.1, -0.05) is 18.2 Å². The Hall–Kier alpha value is -1.85. The quantitative estimate of drug-likeness (QED) is 0.941. The Labute approximate surface area is 135 Å². The Morgan fingerprint density at radius 2 is 2.04 bits per heavy atom. The monoisotopic (exact) mass is 317 g/mol. The van der Waals surface area contributed by atoms with E-state index < -0.39 is 0 Å². The van der Waals surface area contributed by atoms with Gasteiger partial charge >= 0.3 is 0 Å². The van der Waals surface area contributed by atoms with Crippen LogP contribution in [0.25, 0.3) is 11.0 Å². The van der Waals surface area contributed by atoms with E-state index in [0.717, 1.165) is 10.9 Å². The number of hydrogen-bond donors (Lipinski definition) is 1. The molecule has 23 heavy (non-hydrogen) atoms. The van der Waals surface area contributed by atoms with Crippen LogP contribution in [0, 0.1) is 0 Å². The molecule has 2 heterocycles. The standard InChI is InChI=1S/C18H23NO4/c1-12(2)22-11-15-14-5-3-4-6-16(14)23-17(15)18(21)19-9-7-13(20)8-10-19/h3-6,12-13,20H,7-11H2,1-2H3. The van der Waals surface area contributed by atoms with Crippen LogP contribution >= 0.6 is 0 Å². The van der Waals surface area contributed by atoms with E-state index in [-0.39, 0.29) is 18.1 Å². The molecule has 1 fully saturated rings. The SMILES string of the molecule is CC(C)OCc1c(C(=O)N2CCC(O)CC2)oc2ccccc12. The summed E-state index contributed by atoms with van der Waals surface area (Å²) < 4.78 is 11.6. The van der Waals surface area contributed by atoms with Gasteiger partial charge in [-0.05, 0) is 32.8 Å². The molecule has 1 aliphatic heterocycles. The summed E-state index contributed by atoms with van der Waals surface area (Å²) in [6, 6.07) is 7.65. The van der Waals surface area contributed by atoms with E-state index in [0.29, 0.717) is 43.9 Å². The number of para-hydroxylation sites is 1. The maximum atomic E-state index is 12.8. The van der Waals surface area contributed by atoms with Crippen molar-refractivity contribution in [3.05, 3.63) is 35.6 Å². The zero-order chi connectivity index (χ0) is 16.4. The van der Waals surface area contributed by atoms with Gasteiger partial charge in [-0.3, -0.25) is 4.79 Å². The van der Waals surface area contributed by atoms with Crippen molar-refractivity contribution in [3.8, 4) is 0 Å². The second-order valence-electron chi connectivity index (χ2n) is 6.29. The van der Waals surface area contributed by atoms with Gasteiger partial charge in [-0.2, -0.15) is 0 Å². The number of benzene rings is 1. The molecule has 1 aliphatic rings. The summed E-state index contributed by atoms with van der Waals surface area (Å²) in [5.74, 6) is 0.249. The number of rotatable bonds is 4. The van der Waals surface area contributed by atoms with E-state index in [4.69, 9.17) is 9.15 Å². The Morgan fingerprint density at radius 1 is 1.35 bits per heavy atom. The molecule has 5 nitrogen and oxygen atoms in total. The molecular weight excluding hydrogens is 294 g/mol. The van der Waals surface area contributed by atoms with Crippen LogP contribution in [0.3, 0.4) is 0 Å². The minimum Gasteiger partial charge on any atom is -0.451 e. The number of ether oxygens (including phenoxy) is 1. The number of piperidine rings is 1. The summed E-state index contributed by atoms with van der Waals surface area (Å²) in [5, 5.41) is 10.5. The molecule has 1 saturated heterocycles. The zero-order valence-corrected chi connectivity index (χ0v) is 13.6. The van der Waals surface area contributed by atoms with Crippen LogP contribution in [-0.4, -0.2) is 41.2 Å². The number of nitrogens with zero attached hydrogens (tertiary/aromatic N) is 1. The average molecular weight is 317 g/mol. The second kappa shape index (κ2) is 6.72. The van der Waals surface area contributed by atoms with Crippen LogP contribution in [0.4, 0.5) is 0 Å². The highest BCUT2D eigenvalue weighted by atomic mass is 16.5. The maximum absolute atomic E-state index is 12.8. The molecule has 0 spiro atoms. The molecule has 2 aromatic rings. The van der Waals surface area contributed by atoms with Gasteiger partial charge in [-0.25, -0.2) is 0 Å². The third-order valence-corrected chi connectivity index (χ3v) is 4.21. The van der Waals surface area contributed by atoms with E-state index in [1.54, 1.807) is 4.90 Å². The number of amides is 1. The summed E-state index contributed by atoms with van der Waals surface area (Å²) >= 11 is 0. The molecule has 124 valence electrons. The van der Waals surface area contributed by atoms with E-state index >= 15 is 0 Å². The number of aliphatic hydroxyl groups is 1. The zero-order valence-electron chi connectivity index (χ0n) is 13.6. The highest BCUT2D eigenvalue weighted by molar-refractivity contribution is 5.99. The first-order valence-corrected chi connectivity index (χ1v) is 8.15. The van der Waals surface area contributed by atoms with Gasteiger partial charge in [0.15, 0.2) is 5.76 Å². The van der Waals surface area contributed by atoms with Gasteiger partial charge in [0.25, 0.3) is 5.91 Å². The number of carbonyl (C=O) groups excluding carboxylic acids is 1. The number of aliphatic hydroxyl groups excluding tert-OH is 1. The fourth-order valence-electron chi connectivity index (χ4n) is 2.88. The second-order valence-corrected chi connectivity index (χ2v) is 6.29. The molecular formula is C18H23NO4. The lowest BCUT2D eigenvalue weighted by Crippen LogP contribution is -2.40. The normalized spacial score (nSPS) is 16.4. The largest absolute Gasteiger partial charge is 0.451 e. The van der Waals surface area contributed by atoms with Gasteiger partial charge in [0.2, 0.25) is 0 Å². The van der Waals surface area contributed by atoms with Crippen LogP contribution < -0.4 is 0 Å². The van der Waals surface area contributed by atoms with Crippen molar-refractivity contribution >= 4 is 16.9 Å². The van der Waals surface area contributed by atoms with Gasteiger partial charge in [0.05, 0.1) is 18.8 Å². The summed E-state index contributed by atoms with van der Waals surface area (Å²) in [6.07, 6.45) is 1.00. The number of likely N-dealkylation sites (tertiary alicyclic amines) is 1. The predicted molar refractivity (Wildman–Crippen MR) is 87.3 cm³/mol. The highest BCUT2D eigenvalue weighted by Gasteiger charge is 2.28. The number of fused-ring (bicyclic) bond motifs is 1. The van der Waals surface area contributed by atoms with E-state index in [9.17, 15) is 9.90 Å². The van der Waals surface area contributed by atoms with Crippen molar-refractivity contribution in [1.82, 2.24) is 4.90 Å².